The number of benzene rings is 1. The van der Waals surface area contributed by atoms with Gasteiger partial charge in [-0.2, -0.15) is 0 Å². The molecule has 0 bridgehead atoms. The van der Waals surface area contributed by atoms with Crippen LogP contribution < -0.4 is 5.32 Å². The first-order valence-corrected chi connectivity index (χ1v) is 7.42. The van der Waals surface area contributed by atoms with E-state index in [9.17, 15) is 4.79 Å². The van der Waals surface area contributed by atoms with Crippen LogP contribution in [0.5, 0.6) is 0 Å². The van der Waals surface area contributed by atoms with Crippen molar-refractivity contribution in [1.82, 2.24) is 10.5 Å². The molecule has 1 N–H and O–H groups in total. The van der Waals surface area contributed by atoms with E-state index in [1.165, 1.54) is 0 Å². The number of carbonyl (C=O) groups excluding carboxylic acids is 1. The highest BCUT2D eigenvalue weighted by molar-refractivity contribution is 9.09. The fourth-order valence-electron chi connectivity index (χ4n) is 1.86. The van der Waals surface area contributed by atoms with Crippen LogP contribution in [0.1, 0.15) is 19.5 Å². The summed E-state index contributed by atoms with van der Waals surface area (Å²) in [5.74, 6) is 0.356. The molecule has 2 rings (SSSR count). The minimum Gasteiger partial charge on any atom is -0.356 e. The molecule has 1 unspecified atom stereocenters. The maximum atomic E-state index is 12.0. The Labute approximate surface area is 120 Å². The lowest BCUT2D eigenvalue weighted by Gasteiger charge is -2.19. The molecule has 0 fully saturated rings. The Morgan fingerprint density at radius 3 is 2.84 bits per heavy atom. The Morgan fingerprint density at radius 1 is 1.42 bits per heavy atom. The van der Waals surface area contributed by atoms with Crippen LogP contribution in [0.2, 0.25) is 0 Å². The number of nitrogens with one attached hydrogen (secondary N) is 1. The molecule has 0 spiro atoms. The quantitative estimate of drug-likeness (QED) is 0.860. The van der Waals surface area contributed by atoms with Gasteiger partial charge in [-0.05, 0) is 18.1 Å². The van der Waals surface area contributed by atoms with Crippen LogP contribution in [0.15, 0.2) is 28.8 Å². The van der Waals surface area contributed by atoms with E-state index in [4.69, 9.17) is 4.52 Å². The Kier molecular flexibility index (Phi) is 4.58. The van der Waals surface area contributed by atoms with E-state index in [1.54, 1.807) is 0 Å². The lowest BCUT2D eigenvalue weighted by atomic mass is 10.1. The van der Waals surface area contributed by atoms with Crippen molar-refractivity contribution in [2.75, 3.05) is 5.33 Å². The molecule has 2 aromatic rings. The monoisotopic (exact) mass is 324 g/mol. The average molecular weight is 325 g/mol. The molecule has 0 saturated heterocycles. The van der Waals surface area contributed by atoms with Crippen molar-refractivity contribution in [3.8, 4) is 0 Å². The summed E-state index contributed by atoms with van der Waals surface area (Å²) in [6.45, 7) is 4.16. The van der Waals surface area contributed by atoms with E-state index in [0.29, 0.717) is 17.2 Å². The first kappa shape index (κ1) is 14.1. The molecule has 0 aliphatic carbocycles. The predicted molar refractivity (Wildman–Crippen MR) is 78.3 cm³/mol. The molecule has 1 aromatic carbocycles. The van der Waals surface area contributed by atoms with Gasteiger partial charge in [0, 0.05) is 16.8 Å². The summed E-state index contributed by atoms with van der Waals surface area (Å²) in [4.78, 5) is 12.0. The van der Waals surface area contributed by atoms with Crippen molar-refractivity contribution >= 4 is 32.8 Å². The number of hydrogen-bond donors (Lipinski definition) is 1. The fourth-order valence-corrected chi connectivity index (χ4v) is 2.77. The zero-order chi connectivity index (χ0) is 13.8. The van der Waals surface area contributed by atoms with Gasteiger partial charge in [0.2, 0.25) is 5.91 Å². The third kappa shape index (κ3) is 3.35. The summed E-state index contributed by atoms with van der Waals surface area (Å²) < 4.78 is 5.19. The lowest BCUT2D eigenvalue weighted by molar-refractivity contribution is -0.121. The molecule has 0 aliphatic rings. The molecule has 1 heterocycles. The fraction of sp³-hybridized carbons (Fsp3) is 0.429. The standard InChI is InChI=1S/C14H17BrN2O2/c1-9(2)12(8-15)16-14(18)7-11-10-5-3-4-6-13(10)19-17-11/h3-6,9,12H,7-8H2,1-2H3,(H,16,18). The Morgan fingerprint density at radius 2 is 2.16 bits per heavy atom. The lowest BCUT2D eigenvalue weighted by Crippen LogP contribution is -2.40. The number of aromatic nitrogens is 1. The highest BCUT2D eigenvalue weighted by Gasteiger charge is 2.17. The van der Waals surface area contributed by atoms with Crippen molar-refractivity contribution in [2.24, 2.45) is 5.92 Å². The number of halogens is 1. The van der Waals surface area contributed by atoms with Gasteiger partial charge in [0.25, 0.3) is 0 Å². The Balaban J connectivity index is 2.06. The van der Waals surface area contributed by atoms with Gasteiger partial charge in [0.1, 0.15) is 5.69 Å². The molecule has 102 valence electrons. The third-order valence-corrected chi connectivity index (χ3v) is 3.80. The van der Waals surface area contributed by atoms with Gasteiger partial charge in [-0.15, -0.1) is 0 Å². The van der Waals surface area contributed by atoms with Crippen LogP contribution >= 0.6 is 15.9 Å². The molecule has 0 saturated carbocycles. The van der Waals surface area contributed by atoms with Crippen molar-refractivity contribution < 1.29 is 9.32 Å². The van der Waals surface area contributed by atoms with Gasteiger partial charge >= 0.3 is 0 Å². The van der Waals surface area contributed by atoms with Crippen molar-refractivity contribution in [3.05, 3.63) is 30.0 Å². The Hall–Kier alpha value is -1.36. The van der Waals surface area contributed by atoms with E-state index >= 15 is 0 Å². The predicted octanol–water partition coefficient (Wildman–Crippen LogP) is 2.91. The van der Waals surface area contributed by atoms with Gasteiger partial charge in [-0.25, -0.2) is 0 Å². The molecule has 4 nitrogen and oxygen atoms in total. The van der Waals surface area contributed by atoms with Gasteiger partial charge in [-0.3, -0.25) is 4.79 Å². The molecule has 1 amide bonds. The van der Waals surface area contributed by atoms with Crippen molar-refractivity contribution in [1.29, 1.82) is 0 Å². The highest BCUT2D eigenvalue weighted by atomic mass is 79.9. The van der Waals surface area contributed by atoms with Gasteiger partial charge < -0.3 is 9.84 Å². The zero-order valence-corrected chi connectivity index (χ0v) is 12.6. The van der Waals surface area contributed by atoms with Crippen molar-refractivity contribution in [2.45, 2.75) is 26.3 Å². The first-order valence-electron chi connectivity index (χ1n) is 6.30. The van der Waals surface area contributed by atoms with E-state index in [0.717, 1.165) is 10.7 Å². The SMILES string of the molecule is CC(C)C(CBr)NC(=O)Cc1noc2ccccc12. The van der Waals surface area contributed by atoms with Crippen LogP contribution in [-0.4, -0.2) is 22.4 Å². The molecule has 19 heavy (non-hydrogen) atoms. The van der Waals surface area contributed by atoms with Gasteiger partial charge in [-0.1, -0.05) is 47.1 Å². The number of nitrogens with zero attached hydrogens (tertiary/aromatic N) is 1. The zero-order valence-electron chi connectivity index (χ0n) is 11.0. The summed E-state index contributed by atoms with van der Waals surface area (Å²) in [6.07, 6.45) is 0.243. The van der Waals surface area contributed by atoms with Crippen molar-refractivity contribution in [3.63, 3.8) is 0 Å². The van der Waals surface area contributed by atoms with E-state index in [-0.39, 0.29) is 18.4 Å². The van der Waals surface area contributed by atoms with Crippen LogP contribution in [-0.2, 0) is 11.2 Å². The van der Waals surface area contributed by atoms with E-state index < -0.39 is 0 Å². The highest BCUT2D eigenvalue weighted by Crippen LogP contribution is 2.18. The van der Waals surface area contributed by atoms with Gasteiger partial charge in [0.05, 0.1) is 6.42 Å². The molecular weight excluding hydrogens is 308 g/mol. The molecule has 1 aromatic heterocycles. The summed E-state index contributed by atoms with van der Waals surface area (Å²) in [5.41, 5.74) is 1.40. The molecule has 1 atom stereocenters. The van der Waals surface area contributed by atoms with Crippen LogP contribution in [0, 0.1) is 5.92 Å². The third-order valence-electron chi connectivity index (χ3n) is 3.10. The molecule has 5 heteroatoms. The number of amides is 1. The molecule has 0 aliphatic heterocycles. The van der Waals surface area contributed by atoms with E-state index in [1.807, 2.05) is 24.3 Å². The number of alkyl halides is 1. The second-order valence-electron chi connectivity index (χ2n) is 4.87. The number of para-hydroxylation sites is 1. The number of fused-ring (bicyclic) bond motifs is 1. The second kappa shape index (κ2) is 6.19. The second-order valence-corrected chi connectivity index (χ2v) is 5.52. The normalized spacial score (nSPS) is 12.8. The van der Waals surface area contributed by atoms with Crippen LogP contribution in [0.25, 0.3) is 11.0 Å². The minimum absolute atomic E-state index is 0.0304. The maximum Gasteiger partial charge on any atom is 0.226 e. The number of hydrogen-bond acceptors (Lipinski definition) is 3. The molecule has 0 radical (unpaired) electrons. The first-order chi connectivity index (χ1) is 9.11. The largest absolute Gasteiger partial charge is 0.356 e. The summed E-state index contributed by atoms with van der Waals surface area (Å²) >= 11 is 3.41. The van der Waals surface area contributed by atoms with Gasteiger partial charge in [0.15, 0.2) is 5.58 Å². The summed E-state index contributed by atoms with van der Waals surface area (Å²) in [5, 5.41) is 8.61. The average Bonchev–Trinajstić information content (AvgIpc) is 2.79. The topological polar surface area (TPSA) is 55.1 Å². The maximum absolute atomic E-state index is 12.0. The number of rotatable bonds is 5. The smallest absolute Gasteiger partial charge is 0.226 e. The molecular formula is C14H17BrN2O2. The summed E-state index contributed by atoms with van der Waals surface area (Å²) in [7, 11) is 0. The van der Waals surface area contributed by atoms with Crippen LogP contribution in [0.4, 0.5) is 0 Å². The number of carbonyl (C=O) groups is 1. The minimum atomic E-state index is -0.0304. The van der Waals surface area contributed by atoms with E-state index in [2.05, 4.69) is 40.3 Å². The Bertz CT molecular complexity index is 565. The van der Waals surface area contributed by atoms with Crippen LogP contribution in [0.3, 0.4) is 0 Å². The summed E-state index contributed by atoms with van der Waals surface area (Å²) in [6, 6.07) is 7.69.